The van der Waals surface area contributed by atoms with Gasteiger partial charge in [0.25, 0.3) is 0 Å². The molecule has 0 bridgehead atoms. The average molecular weight is 362 g/mol. The van der Waals surface area contributed by atoms with Crippen LogP contribution in [0.15, 0.2) is 12.2 Å². The molecule has 2 saturated carbocycles. The molecule has 2 aliphatic carbocycles. The second-order valence-corrected chi connectivity index (χ2v) is 9.61. The Morgan fingerprint density at radius 2 is 1.77 bits per heavy atom. The number of allylic oxidation sites excluding steroid dienone is 1. The Bertz CT molecular complexity index is 506. The molecule has 3 heteroatoms. The Kier molecular flexibility index (Phi) is 5.78. The van der Waals surface area contributed by atoms with E-state index in [1.807, 2.05) is 7.11 Å². The number of methoxy groups -OCH3 is 1. The fraction of sp³-hybridized carbons (Fsp3) is 0.913. The van der Waals surface area contributed by atoms with Gasteiger partial charge in [-0.1, -0.05) is 37.8 Å². The highest BCUT2D eigenvalue weighted by atomic mass is 16.7. The third-order valence-corrected chi connectivity index (χ3v) is 8.34. The van der Waals surface area contributed by atoms with Crippen LogP contribution in [0.1, 0.15) is 65.2 Å². The fourth-order valence-corrected chi connectivity index (χ4v) is 6.82. The lowest BCUT2D eigenvalue weighted by atomic mass is 9.57. The molecular formula is C23H39NO2. The van der Waals surface area contributed by atoms with Crippen LogP contribution in [-0.2, 0) is 9.47 Å². The molecule has 2 saturated heterocycles. The summed E-state index contributed by atoms with van der Waals surface area (Å²) >= 11 is 0. The van der Waals surface area contributed by atoms with Gasteiger partial charge in [0.1, 0.15) is 0 Å². The van der Waals surface area contributed by atoms with E-state index in [4.69, 9.17) is 9.47 Å². The third-order valence-electron chi connectivity index (χ3n) is 8.34. The SMILES string of the molecule is CO[C@H]1O[C@@H](C)[C@@H]2[C@H](/C=C/[C@@H]3CCC[C@H](C)N3C)[C@H]3CCCC[C@@H]3C[C@H]12. The summed E-state index contributed by atoms with van der Waals surface area (Å²) in [4.78, 5) is 2.59. The fourth-order valence-electron chi connectivity index (χ4n) is 6.82. The van der Waals surface area contributed by atoms with Crippen LogP contribution in [0, 0.1) is 29.6 Å². The molecule has 0 aromatic carbocycles. The van der Waals surface area contributed by atoms with Crippen LogP contribution in [0.5, 0.6) is 0 Å². The Morgan fingerprint density at radius 1 is 0.962 bits per heavy atom. The molecule has 9 atom stereocenters. The predicted octanol–water partition coefficient (Wildman–Crippen LogP) is 4.87. The predicted molar refractivity (Wildman–Crippen MR) is 106 cm³/mol. The maximum absolute atomic E-state index is 6.26. The standard InChI is InChI=1S/C23H39NO2/c1-15-8-7-10-18(24(15)3)12-13-20-19-11-6-5-9-17(19)14-21-22(20)16(2)26-23(21)25-4/h12-13,15-23H,5-11,14H2,1-4H3/b13-12+/t15-,16-,17+,18-,19-,20+,21-,22+,23-/m0/s1. The topological polar surface area (TPSA) is 21.7 Å². The molecule has 4 fully saturated rings. The summed E-state index contributed by atoms with van der Waals surface area (Å²) in [6, 6.07) is 1.34. The van der Waals surface area contributed by atoms with Crippen molar-refractivity contribution in [3.05, 3.63) is 12.2 Å². The van der Waals surface area contributed by atoms with Crippen molar-refractivity contribution in [2.45, 2.75) is 89.7 Å². The van der Waals surface area contributed by atoms with Crippen molar-refractivity contribution in [2.75, 3.05) is 14.2 Å². The van der Waals surface area contributed by atoms with E-state index in [-0.39, 0.29) is 6.29 Å². The van der Waals surface area contributed by atoms with Gasteiger partial charge in [-0.25, -0.2) is 0 Å². The maximum Gasteiger partial charge on any atom is 0.160 e. The minimum atomic E-state index is 0.0196. The molecule has 26 heavy (non-hydrogen) atoms. The van der Waals surface area contributed by atoms with Crippen molar-refractivity contribution < 1.29 is 9.47 Å². The Balaban J connectivity index is 1.57. The third kappa shape index (κ3) is 3.40. The van der Waals surface area contributed by atoms with Crippen LogP contribution < -0.4 is 0 Å². The highest BCUT2D eigenvalue weighted by molar-refractivity contribution is 5.09. The minimum absolute atomic E-state index is 0.0196. The van der Waals surface area contributed by atoms with Crippen molar-refractivity contribution in [1.29, 1.82) is 0 Å². The first kappa shape index (κ1) is 19.0. The molecule has 0 N–H and O–H groups in total. The molecule has 0 radical (unpaired) electrons. The van der Waals surface area contributed by atoms with E-state index in [1.54, 1.807) is 0 Å². The van der Waals surface area contributed by atoms with Crippen LogP contribution in [-0.4, -0.2) is 43.5 Å². The van der Waals surface area contributed by atoms with Crippen molar-refractivity contribution >= 4 is 0 Å². The van der Waals surface area contributed by atoms with E-state index < -0.39 is 0 Å². The second-order valence-electron chi connectivity index (χ2n) is 9.61. The van der Waals surface area contributed by atoms with E-state index in [2.05, 4.69) is 37.9 Å². The molecule has 0 unspecified atom stereocenters. The van der Waals surface area contributed by atoms with Gasteiger partial charge < -0.3 is 9.47 Å². The number of hydrogen-bond acceptors (Lipinski definition) is 3. The van der Waals surface area contributed by atoms with Gasteiger partial charge in [-0.2, -0.15) is 0 Å². The van der Waals surface area contributed by atoms with Gasteiger partial charge in [0, 0.05) is 25.1 Å². The van der Waals surface area contributed by atoms with Gasteiger partial charge in [-0.15, -0.1) is 0 Å². The lowest BCUT2D eigenvalue weighted by Crippen LogP contribution is -2.44. The molecular weight excluding hydrogens is 322 g/mol. The summed E-state index contributed by atoms with van der Waals surface area (Å²) in [7, 11) is 4.14. The Morgan fingerprint density at radius 3 is 2.58 bits per heavy atom. The van der Waals surface area contributed by atoms with E-state index in [9.17, 15) is 0 Å². The van der Waals surface area contributed by atoms with Crippen LogP contribution in [0.2, 0.25) is 0 Å². The Hall–Kier alpha value is -0.380. The molecule has 148 valence electrons. The van der Waals surface area contributed by atoms with Crippen molar-refractivity contribution in [3.63, 3.8) is 0 Å². The molecule has 0 aromatic heterocycles. The summed E-state index contributed by atoms with van der Waals surface area (Å²) in [6.07, 6.45) is 16.6. The lowest BCUT2D eigenvalue weighted by molar-refractivity contribution is -0.132. The summed E-state index contributed by atoms with van der Waals surface area (Å²) < 4.78 is 12.0. The number of nitrogens with zero attached hydrogens (tertiary/aromatic N) is 1. The second kappa shape index (κ2) is 7.93. The summed E-state index contributed by atoms with van der Waals surface area (Å²) in [6.45, 7) is 4.67. The smallest absolute Gasteiger partial charge is 0.160 e. The average Bonchev–Trinajstić information content (AvgIpc) is 2.97. The monoisotopic (exact) mass is 361 g/mol. The number of likely N-dealkylation sites (tertiary alicyclic amines) is 1. The van der Waals surface area contributed by atoms with Crippen LogP contribution in [0.4, 0.5) is 0 Å². The molecule has 2 aliphatic heterocycles. The molecule has 0 spiro atoms. The molecule has 2 heterocycles. The van der Waals surface area contributed by atoms with Gasteiger partial charge >= 0.3 is 0 Å². The van der Waals surface area contributed by atoms with E-state index in [0.717, 1.165) is 11.8 Å². The highest BCUT2D eigenvalue weighted by Crippen LogP contribution is 2.55. The maximum atomic E-state index is 6.26. The largest absolute Gasteiger partial charge is 0.356 e. The first-order valence-corrected chi connectivity index (χ1v) is 11.2. The minimum Gasteiger partial charge on any atom is -0.356 e. The molecule has 0 aromatic rings. The van der Waals surface area contributed by atoms with Gasteiger partial charge in [0.2, 0.25) is 0 Å². The Labute approximate surface area is 160 Å². The number of piperidine rings is 1. The van der Waals surface area contributed by atoms with Gasteiger partial charge in [-0.05, 0) is 70.3 Å². The summed E-state index contributed by atoms with van der Waals surface area (Å²) in [5, 5.41) is 0. The van der Waals surface area contributed by atoms with E-state index in [0.29, 0.717) is 35.9 Å². The van der Waals surface area contributed by atoms with E-state index in [1.165, 1.54) is 51.4 Å². The van der Waals surface area contributed by atoms with Gasteiger partial charge in [0.15, 0.2) is 6.29 Å². The van der Waals surface area contributed by atoms with Crippen LogP contribution >= 0.6 is 0 Å². The van der Waals surface area contributed by atoms with E-state index >= 15 is 0 Å². The van der Waals surface area contributed by atoms with Gasteiger partial charge in [-0.3, -0.25) is 4.90 Å². The molecule has 4 aliphatic rings. The zero-order chi connectivity index (χ0) is 18.3. The first-order valence-electron chi connectivity index (χ1n) is 11.2. The zero-order valence-electron chi connectivity index (χ0n) is 17.3. The van der Waals surface area contributed by atoms with Crippen molar-refractivity contribution in [2.24, 2.45) is 29.6 Å². The van der Waals surface area contributed by atoms with Crippen LogP contribution in [0.3, 0.4) is 0 Å². The normalized spacial score (nSPS) is 49.9. The van der Waals surface area contributed by atoms with Crippen LogP contribution in [0.25, 0.3) is 0 Å². The first-order chi connectivity index (χ1) is 12.6. The number of fused-ring (bicyclic) bond motifs is 2. The quantitative estimate of drug-likeness (QED) is 0.670. The van der Waals surface area contributed by atoms with Gasteiger partial charge in [0.05, 0.1) is 6.10 Å². The number of likely N-dealkylation sites (N-methyl/N-ethyl adjacent to an activating group) is 1. The summed E-state index contributed by atoms with van der Waals surface area (Å²) in [5.41, 5.74) is 0. The molecule has 3 nitrogen and oxygen atoms in total. The zero-order valence-corrected chi connectivity index (χ0v) is 17.3. The van der Waals surface area contributed by atoms with Crippen molar-refractivity contribution in [1.82, 2.24) is 4.90 Å². The molecule has 0 amide bonds. The highest BCUT2D eigenvalue weighted by Gasteiger charge is 2.53. The number of hydrogen-bond donors (Lipinski definition) is 0. The number of rotatable bonds is 3. The summed E-state index contributed by atoms with van der Waals surface area (Å²) in [5.74, 6) is 3.66. The number of ether oxygens (including phenoxy) is 2. The lowest BCUT2D eigenvalue weighted by Gasteiger charge is -2.47. The molecule has 4 rings (SSSR count). The van der Waals surface area contributed by atoms with Crippen molar-refractivity contribution in [3.8, 4) is 0 Å².